The van der Waals surface area contributed by atoms with E-state index in [1.165, 1.54) is 0 Å². The Morgan fingerprint density at radius 1 is 1.10 bits per heavy atom. The molecule has 0 bridgehead atoms. The third-order valence-corrected chi connectivity index (χ3v) is 4.68. The molecule has 6 nitrogen and oxygen atoms in total. The Bertz CT molecular complexity index is 902. The summed E-state index contributed by atoms with van der Waals surface area (Å²) in [5.41, 5.74) is 2.21. The highest BCUT2D eigenvalue weighted by Gasteiger charge is 2.13. The number of carbonyl (C=O) groups excluding carboxylic acids is 1. The van der Waals surface area contributed by atoms with Gasteiger partial charge in [0.15, 0.2) is 11.5 Å². The molecule has 0 heterocycles. The minimum atomic E-state index is -0.378. The number of ether oxygens (including phenoxy) is 2. The molecule has 30 heavy (non-hydrogen) atoms. The SMILES string of the molecule is COc1ccc(CCNC(=O)/C(C#N)=C\N(Cc2ccccc2)C(C)C)cc1OC. The van der Waals surface area contributed by atoms with Crippen molar-refractivity contribution in [3.63, 3.8) is 0 Å². The first kappa shape index (κ1) is 22.8. The molecule has 0 aliphatic heterocycles. The maximum Gasteiger partial charge on any atom is 0.263 e. The molecule has 2 rings (SSSR count). The third-order valence-electron chi connectivity index (χ3n) is 4.68. The second-order valence-corrected chi connectivity index (χ2v) is 7.10. The molecule has 0 saturated carbocycles. The molecule has 0 spiro atoms. The lowest BCUT2D eigenvalue weighted by Gasteiger charge is -2.25. The van der Waals surface area contributed by atoms with Crippen molar-refractivity contribution in [2.24, 2.45) is 0 Å². The summed E-state index contributed by atoms with van der Waals surface area (Å²) in [4.78, 5) is 14.5. The predicted octanol–water partition coefficient (Wildman–Crippen LogP) is 3.68. The van der Waals surface area contributed by atoms with Gasteiger partial charge >= 0.3 is 0 Å². The van der Waals surface area contributed by atoms with Gasteiger partial charge in [0.05, 0.1) is 14.2 Å². The van der Waals surface area contributed by atoms with Gasteiger partial charge in [-0.2, -0.15) is 5.26 Å². The zero-order chi connectivity index (χ0) is 21.9. The summed E-state index contributed by atoms with van der Waals surface area (Å²) < 4.78 is 10.5. The van der Waals surface area contributed by atoms with Crippen LogP contribution in [0.2, 0.25) is 0 Å². The smallest absolute Gasteiger partial charge is 0.263 e. The molecule has 2 aromatic rings. The Kier molecular flexibility index (Phi) is 8.76. The predicted molar refractivity (Wildman–Crippen MR) is 117 cm³/mol. The van der Waals surface area contributed by atoms with Crippen LogP contribution in [0, 0.1) is 11.3 Å². The molecular formula is C24H29N3O3. The molecule has 0 aromatic heterocycles. The zero-order valence-electron chi connectivity index (χ0n) is 18.0. The van der Waals surface area contributed by atoms with E-state index in [9.17, 15) is 10.1 Å². The van der Waals surface area contributed by atoms with E-state index in [-0.39, 0.29) is 17.5 Å². The van der Waals surface area contributed by atoms with Crippen LogP contribution >= 0.6 is 0 Å². The minimum absolute atomic E-state index is 0.0898. The second kappa shape index (κ2) is 11.5. The molecule has 0 fully saturated rings. The maximum absolute atomic E-state index is 12.5. The van der Waals surface area contributed by atoms with E-state index in [1.54, 1.807) is 20.4 Å². The summed E-state index contributed by atoms with van der Waals surface area (Å²) in [5, 5.41) is 12.3. The highest BCUT2D eigenvalue weighted by atomic mass is 16.5. The van der Waals surface area contributed by atoms with Gasteiger partial charge in [-0.1, -0.05) is 36.4 Å². The van der Waals surface area contributed by atoms with Crippen molar-refractivity contribution in [3.05, 3.63) is 71.4 Å². The third kappa shape index (κ3) is 6.56. The fourth-order valence-corrected chi connectivity index (χ4v) is 2.93. The number of carbonyl (C=O) groups is 1. The summed E-state index contributed by atoms with van der Waals surface area (Å²) in [5.74, 6) is 0.927. The van der Waals surface area contributed by atoms with Crippen LogP contribution in [0.15, 0.2) is 60.3 Å². The highest BCUT2D eigenvalue weighted by molar-refractivity contribution is 5.97. The van der Waals surface area contributed by atoms with Crippen LogP contribution in [-0.2, 0) is 17.8 Å². The second-order valence-electron chi connectivity index (χ2n) is 7.10. The quantitative estimate of drug-likeness (QED) is 0.480. The molecule has 0 atom stereocenters. The number of hydrogen-bond donors (Lipinski definition) is 1. The first-order valence-electron chi connectivity index (χ1n) is 9.89. The number of nitrogens with zero attached hydrogens (tertiary/aromatic N) is 2. The summed E-state index contributed by atoms with van der Waals surface area (Å²) >= 11 is 0. The van der Waals surface area contributed by atoms with Crippen LogP contribution < -0.4 is 14.8 Å². The van der Waals surface area contributed by atoms with Crippen molar-refractivity contribution < 1.29 is 14.3 Å². The normalized spacial score (nSPS) is 11.0. The Morgan fingerprint density at radius 2 is 1.80 bits per heavy atom. The monoisotopic (exact) mass is 407 g/mol. The zero-order valence-corrected chi connectivity index (χ0v) is 18.0. The number of methoxy groups -OCH3 is 2. The Morgan fingerprint density at radius 3 is 2.40 bits per heavy atom. The highest BCUT2D eigenvalue weighted by Crippen LogP contribution is 2.27. The first-order chi connectivity index (χ1) is 14.5. The van der Waals surface area contributed by atoms with Gasteiger partial charge in [-0.05, 0) is 43.5 Å². The van der Waals surface area contributed by atoms with Gasteiger partial charge in [-0.15, -0.1) is 0 Å². The van der Waals surface area contributed by atoms with Gasteiger partial charge < -0.3 is 19.7 Å². The van der Waals surface area contributed by atoms with Crippen LogP contribution in [0.4, 0.5) is 0 Å². The van der Waals surface area contributed by atoms with Crippen LogP contribution in [0.25, 0.3) is 0 Å². The van der Waals surface area contributed by atoms with Crippen LogP contribution in [0.5, 0.6) is 11.5 Å². The van der Waals surface area contributed by atoms with Crippen molar-refractivity contribution in [2.75, 3.05) is 20.8 Å². The number of nitrogens with one attached hydrogen (secondary N) is 1. The van der Waals surface area contributed by atoms with Gasteiger partial charge in [0.2, 0.25) is 0 Å². The van der Waals surface area contributed by atoms with Crippen molar-refractivity contribution in [1.82, 2.24) is 10.2 Å². The number of nitriles is 1. The average molecular weight is 408 g/mol. The van der Waals surface area contributed by atoms with Crippen molar-refractivity contribution in [1.29, 1.82) is 5.26 Å². The van der Waals surface area contributed by atoms with Crippen molar-refractivity contribution in [3.8, 4) is 17.6 Å². The Balaban J connectivity index is 2.00. The van der Waals surface area contributed by atoms with E-state index in [1.807, 2.05) is 73.3 Å². The van der Waals surface area contributed by atoms with Gasteiger partial charge in [0.1, 0.15) is 11.6 Å². The van der Waals surface area contributed by atoms with E-state index in [4.69, 9.17) is 9.47 Å². The average Bonchev–Trinajstić information content (AvgIpc) is 2.76. The topological polar surface area (TPSA) is 74.6 Å². The maximum atomic E-state index is 12.5. The largest absolute Gasteiger partial charge is 0.493 e. The van der Waals surface area contributed by atoms with Crippen LogP contribution in [0.1, 0.15) is 25.0 Å². The molecular weight excluding hydrogens is 378 g/mol. The number of benzene rings is 2. The Labute approximate surface area is 178 Å². The molecule has 158 valence electrons. The lowest BCUT2D eigenvalue weighted by molar-refractivity contribution is -0.117. The van der Waals surface area contributed by atoms with Gasteiger partial charge in [0, 0.05) is 25.3 Å². The van der Waals surface area contributed by atoms with Crippen LogP contribution in [-0.4, -0.2) is 37.6 Å². The van der Waals surface area contributed by atoms with Gasteiger partial charge in [-0.3, -0.25) is 4.79 Å². The number of amides is 1. The minimum Gasteiger partial charge on any atom is -0.493 e. The van der Waals surface area contributed by atoms with E-state index in [0.717, 1.165) is 11.1 Å². The van der Waals surface area contributed by atoms with Crippen molar-refractivity contribution >= 4 is 5.91 Å². The van der Waals surface area contributed by atoms with E-state index in [0.29, 0.717) is 31.0 Å². The summed E-state index contributed by atoms with van der Waals surface area (Å²) in [7, 11) is 3.18. The lowest BCUT2D eigenvalue weighted by Crippen LogP contribution is -2.30. The van der Waals surface area contributed by atoms with Crippen molar-refractivity contribution in [2.45, 2.75) is 32.9 Å². The fourth-order valence-electron chi connectivity index (χ4n) is 2.93. The number of hydrogen-bond acceptors (Lipinski definition) is 5. The molecule has 1 N–H and O–H groups in total. The molecule has 6 heteroatoms. The lowest BCUT2D eigenvalue weighted by atomic mass is 10.1. The standard InChI is InChI=1S/C24H29N3O3/c1-18(2)27(16-20-8-6-5-7-9-20)17-21(15-25)24(28)26-13-12-19-10-11-22(29-3)23(14-19)30-4/h5-11,14,17-18H,12-13,16H2,1-4H3,(H,26,28)/b21-17-. The van der Waals surface area contributed by atoms with E-state index in [2.05, 4.69) is 5.32 Å². The number of rotatable bonds is 10. The Hall–Kier alpha value is -3.46. The summed E-state index contributed by atoms with van der Waals surface area (Å²) in [6, 6.07) is 17.8. The fraction of sp³-hybridized carbons (Fsp3) is 0.333. The van der Waals surface area contributed by atoms with Crippen LogP contribution in [0.3, 0.4) is 0 Å². The molecule has 0 unspecified atom stereocenters. The molecule has 0 aliphatic carbocycles. The summed E-state index contributed by atoms with van der Waals surface area (Å²) in [6.07, 6.45) is 2.26. The molecule has 0 saturated heterocycles. The molecule has 1 amide bonds. The van der Waals surface area contributed by atoms with E-state index < -0.39 is 0 Å². The van der Waals surface area contributed by atoms with E-state index >= 15 is 0 Å². The first-order valence-corrected chi connectivity index (χ1v) is 9.89. The molecule has 0 radical (unpaired) electrons. The molecule has 0 aliphatic rings. The van der Waals surface area contributed by atoms with Gasteiger partial charge in [-0.25, -0.2) is 0 Å². The summed E-state index contributed by atoms with van der Waals surface area (Å²) in [6.45, 7) is 5.10. The molecule has 2 aromatic carbocycles. The van der Waals surface area contributed by atoms with Gasteiger partial charge in [0.25, 0.3) is 5.91 Å².